The van der Waals surface area contributed by atoms with Crippen LogP contribution in [0.2, 0.25) is 0 Å². The number of pyridine rings is 3. The number of aromatic amines is 2. The highest BCUT2D eigenvalue weighted by molar-refractivity contribution is 6.01. The quantitative estimate of drug-likeness (QED) is 0.302. The summed E-state index contributed by atoms with van der Waals surface area (Å²) >= 11 is 0. The lowest BCUT2D eigenvalue weighted by atomic mass is 10.0. The first kappa shape index (κ1) is 21.7. The van der Waals surface area contributed by atoms with Gasteiger partial charge in [-0.2, -0.15) is 5.10 Å². The van der Waals surface area contributed by atoms with Crippen LogP contribution in [0, 0.1) is 0 Å². The molecule has 1 aliphatic heterocycles. The van der Waals surface area contributed by atoms with E-state index < -0.39 is 0 Å². The molecule has 0 unspecified atom stereocenters. The zero-order chi connectivity index (χ0) is 24.6. The second kappa shape index (κ2) is 9.15. The molecular formula is C29H25N7O. The number of nitrogens with zero attached hydrogens (tertiary/aromatic N) is 4. The van der Waals surface area contributed by atoms with E-state index in [1.54, 1.807) is 12.4 Å². The van der Waals surface area contributed by atoms with Gasteiger partial charge in [-0.05, 0) is 61.8 Å². The highest BCUT2D eigenvalue weighted by atomic mass is 16.5. The van der Waals surface area contributed by atoms with Gasteiger partial charge in [-0.25, -0.2) is 0 Å². The number of H-pyrrole nitrogens is 2. The second-order valence-corrected chi connectivity index (χ2v) is 9.38. The van der Waals surface area contributed by atoms with Gasteiger partial charge in [0.25, 0.3) is 0 Å². The fraction of sp³-hybridized carbons (Fsp3) is 0.172. The Morgan fingerprint density at radius 1 is 0.757 bits per heavy atom. The fourth-order valence-electron chi connectivity index (χ4n) is 5.08. The average molecular weight is 488 g/mol. The summed E-state index contributed by atoms with van der Waals surface area (Å²) < 4.78 is 6.23. The third kappa shape index (κ3) is 4.11. The molecule has 0 atom stereocenters. The number of benzene rings is 1. The molecule has 1 aliphatic rings. The maximum Gasteiger partial charge on any atom is 0.138 e. The summed E-state index contributed by atoms with van der Waals surface area (Å²) in [6.07, 6.45) is 13.3. The summed E-state index contributed by atoms with van der Waals surface area (Å²) in [5.41, 5.74) is 7.85. The minimum atomic E-state index is 0.231. The molecule has 1 fully saturated rings. The molecule has 3 N–H and O–H groups in total. The zero-order valence-electron chi connectivity index (χ0n) is 20.1. The molecule has 8 nitrogen and oxygen atoms in total. The van der Waals surface area contributed by atoms with E-state index in [9.17, 15) is 0 Å². The molecule has 8 heteroatoms. The van der Waals surface area contributed by atoms with Crippen LogP contribution in [-0.2, 0) is 0 Å². The smallest absolute Gasteiger partial charge is 0.138 e. The van der Waals surface area contributed by atoms with E-state index >= 15 is 0 Å². The summed E-state index contributed by atoms with van der Waals surface area (Å²) in [7, 11) is 0. The van der Waals surface area contributed by atoms with Gasteiger partial charge < -0.3 is 15.0 Å². The number of hydrogen-bond donors (Lipinski definition) is 3. The molecule has 0 amide bonds. The molecule has 0 saturated carbocycles. The van der Waals surface area contributed by atoms with Gasteiger partial charge in [-0.1, -0.05) is 12.1 Å². The number of nitrogens with one attached hydrogen (secondary N) is 3. The van der Waals surface area contributed by atoms with Crippen molar-refractivity contribution in [3.63, 3.8) is 0 Å². The molecule has 1 aromatic carbocycles. The summed E-state index contributed by atoms with van der Waals surface area (Å²) in [5.74, 6) is 0.808. The van der Waals surface area contributed by atoms with Crippen LogP contribution < -0.4 is 10.1 Å². The van der Waals surface area contributed by atoms with Crippen molar-refractivity contribution in [2.24, 2.45) is 0 Å². The van der Waals surface area contributed by atoms with Crippen molar-refractivity contribution in [1.82, 2.24) is 35.5 Å². The number of hydrogen-bond acceptors (Lipinski definition) is 6. The van der Waals surface area contributed by atoms with Crippen LogP contribution in [-0.4, -0.2) is 49.3 Å². The van der Waals surface area contributed by atoms with E-state index in [2.05, 4.69) is 65.8 Å². The maximum atomic E-state index is 6.23. The van der Waals surface area contributed by atoms with Gasteiger partial charge in [0.2, 0.25) is 0 Å². The largest absolute Gasteiger partial charge is 0.489 e. The van der Waals surface area contributed by atoms with E-state index in [1.165, 1.54) is 0 Å². The van der Waals surface area contributed by atoms with Gasteiger partial charge in [0.1, 0.15) is 17.5 Å². The molecule has 0 bridgehead atoms. The molecule has 182 valence electrons. The van der Waals surface area contributed by atoms with Crippen LogP contribution >= 0.6 is 0 Å². The Morgan fingerprint density at radius 2 is 1.65 bits per heavy atom. The summed E-state index contributed by atoms with van der Waals surface area (Å²) in [4.78, 5) is 16.7. The Morgan fingerprint density at radius 3 is 2.54 bits per heavy atom. The van der Waals surface area contributed by atoms with Gasteiger partial charge in [0.05, 0.1) is 29.1 Å². The predicted molar refractivity (Wildman–Crippen MR) is 144 cm³/mol. The number of rotatable bonds is 5. The Kier molecular flexibility index (Phi) is 5.36. The predicted octanol–water partition coefficient (Wildman–Crippen LogP) is 5.36. The molecule has 0 aliphatic carbocycles. The number of piperidine rings is 1. The minimum Gasteiger partial charge on any atom is -0.489 e. The minimum absolute atomic E-state index is 0.231. The number of ether oxygens (including phenoxy) is 1. The van der Waals surface area contributed by atoms with Gasteiger partial charge in [0.15, 0.2) is 0 Å². The standard InChI is InChI=1S/C29H25N7O/c1-2-19(13-31-7-1)25-16-33-17-28-23(25)12-27(34-28)29-24-11-18(3-4-26(24)35-36-29)20-10-22(15-32-14-20)37-21-5-8-30-9-6-21/h1-4,7,10-17,21,30,34H,5-6,8-9H2,(H,35,36). The molecule has 0 radical (unpaired) electrons. The van der Waals surface area contributed by atoms with Crippen molar-refractivity contribution < 1.29 is 4.74 Å². The van der Waals surface area contributed by atoms with Gasteiger partial charge >= 0.3 is 0 Å². The van der Waals surface area contributed by atoms with E-state index in [0.29, 0.717) is 0 Å². The molecule has 37 heavy (non-hydrogen) atoms. The van der Waals surface area contributed by atoms with Gasteiger partial charge in [0, 0.05) is 52.3 Å². The van der Waals surface area contributed by atoms with Crippen LogP contribution in [0.3, 0.4) is 0 Å². The third-order valence-electron chi connectivity index (χ3n) is 6.97. The highest BCUT2D eigenvalue weighted by Gasteiger charge is 2.17. The summed E-state index contributed by atoms with van der Waals surface area (Å²) in [5, 5.41) is 13.3. The summed E-state index contributed by atoms with van der Waals surface area (Å²) in [6.45, 7) is 1.98. The molecule has 0 spiro atoms. The normalized spacial score (nSPS) is 14.4. The van der Waals surface area contributed by atoms with E-state index in [0.717, 1.165) is 87.1 Å². The van der Waals surface area contributed by atoms with Crippen molar-refractivity contribution in [3.05, 3.63) is 79.6 Å². The van der Waals surface area contributed by atoms with Crippen molar-refractivity contribution in [3.8, 4) is 39.4 Å². The lowest BCUT2D eigenvalue weighted by Gasteiger charge is -2.23. The molecule has 1 saturated heterocycles. The lowest BCUT2D eigenvalue weighted by Crippen LogP contribution is -2.34. The van der Waals surface area contributed by atoms with E-state index in [4.69, 9.17) is 4.74 Å². The van der Waals surface area contributed by atoms with Crippen molar-refractivity contribution >= 4 is 21.8 Å². The van der Waals surface area contributed by atoms with Crippen LogP contribution in [0.1, 0.15) is 12.8 Å². The van der Waals surface area contributed by atoms with Crippen molar-refractivity contribution in [2.75, 3.05) is 13.1 Å². The first-order valence-corrected chi connectivity index (χ1v) is 12.5. The molecule has 6 heterocycles. The zero-order valence-corrected chi connectivity index (χ0v) is 20.1. The van der Waals surface area contributed by atoms with E-state index in [-0.39, 0.29) is 6.10 Å². The van der Waals surface area contributed by atoms with Gasteiger partial charge in [-0.15, -0.1) is 0 Å². The highest BCUT2D eigenvalue weighted by Crippen LogP contribution is 2.35. The van der Waals surface area contributed by atoms with Crippen LogP contribution in [0.15, 0.2) is 79.6 Å². The SMILES string of the molecule is c1cncc(-c2cncc3[nH]c(-c4n[nH]c5ccc(-c6cncc(OC7CCNCC7)c6)cc45)cc23)c1. The Labute approximate surface area is 213 Å². The van der Waals surface area contributed by atoms with Crippen LogP contribution in [0.25, 0.3) is 55.4 Å². The lowest BCUT2D eigenvalue weighted by molar-refractivity contribution is 0.162. The molecule has 6 aromatic rings. The average Bonchev–Trinajstić information content (AvgIpc) is 3.58. The topological polar surface area (TPSA) is 104 Å². The van der Waals surface area contributed by atoms with Crippen LogP contribution in [0.5, 0.6) is 5.75 Å². The monoisotopic (exact) mass is 487 g/mol. The molecule has 5 aromatic heterocycles. The van der Waals surface area contributed by atoms with Crippen molar-refractivity contribution in [1.29, 1.82) is 0 Å². The maximum absolute atomic E-state index is 6.23. The summed E-state index contributed by atoms with van der Waals surface area (Å²) in [6, 6.07) is 14.5. The first-order valence-electron chi connectivity index (χ1n) is 12.5. The van der Waals surface area contributed by atoms with Crippen LogP contribution in [0.4, 0.5) is 0 Å². The first-order chi connectivity index (χ1) is 18.3. The van der Waals surface area contributed by atoms with Crippen molar-refractivity contribution in [2.45, 2.75) is 18.9 Å². The molecular weight excluding hydrogens is 462 g/mol. The number of aromatic nitrogens is 6. The Hall–Kier alpha value is -4.56. The Balaban J connectivity index is 1.26. The Bertz CT molecular complexity index is 1700. The third-order valence-corrected chi connectivity index (χ3v) is 6.97. The van der Waals surface area contributed by atoms with Gasteiger partial charge in [-0.3, -0.25) is 20.1 Å². The fourth-order valence-corrected chi connectivity index (χ4v) is 5.08. The number of fused-ring (bicyclic) bond motifs is 2. The second-order valence-electron chi connectivity index (χ2n) is 9.38. The van der Waals surface area contributed by atoms with E-state index in [1.807, 2.05) is 36.9 Å². The molecule has 7 rings (SSSR count).